The van der Waals surface area contributed by atoms with Crippen molar-refractivity contribution in [3.63, 3.8) is 0 Å². The number of hydrogen-bond donors (Lipinski definition) is 0. The molecule has 6 nitrogen and oxygen atoms in total. The number of carbonyl (C=O) groups excluding carboxylic acids is 2. The fourth-order valence-corrected chi connectivity index (χ4v) is 1.43. The van der Waals surface area contributed by atoms with Gasteiger partial charge in [0.2, 0.25) is 0 Å². The van der Waals surface area contributed by atoms with Crippen LogP contribution in [0.25, 0.3) is 0 Å². The summed E-state index contributed by atoms with van der Waals surface area (Å²) in [5.41, 5.74) is 2.12. The highest BCUT2D eigenvalue weighted by molar-refractivity contribution is 5.89. The van der Waals surface area contributed by atoms with Crippen LogP contribution in [-0.4, -0.2) is 18.2 Å². The lowest BCUT2D eigenvalue weighted by Crippen LogP contribution is -2.15. The Morgan fingerprint density at radius 3 is 2.11 bits per heavy atom. The van der Waals surface area contributed by atoms with Crippen LogP contribution in [0.5, 0.6) is 0 Å². The lowest BCUT2D eigenvalue weighted by Gasteiger charge is -2.06. The van der Waals surface area contributed by atoms with Gasteiger partial charge in [0, 0.05) is 0 Å². The zero-order chi connectivity index (χ0) is 14.4. The zero-order valence-electron chi connectivity index (χ0n) is 11.3. The summed E-state index contributed by atoms with van der Waals surface area (Å²) in [6.07, 6.45) is -1.44. The second kappa shape index (κ2) is 6.75. The van der Waals surface area contributed by atoms with Gasteiger partial charge < -0.3 is 4.74 Å². The first-order valence-electron chi connectivity index (χ1n) is 5.73. The minimum absolute atomic E-state index is 0.304. The number of ether oxygens (including phenoxy) is 1. The van der Waals surface area contributed by atoms with Gasteiger partial charge in [-0.25, -0.2) is 14.5 Å². The van der Waals surface area contributed by atoms with E-state index >= 15 is 0 Å². The number of carbonyl (C=O) groups is 2. The molecule has 0 aliphatic carbocycles. The van der Waals surface area contributed by atoms with Crippen LogP contribution in [0.2, 0.25) is 0 Å². The predicted molar refractivity (Wildman–Crippen MR) is 65.1 cm³/mol. The van der Waals surface area contributed by atoms with Crippen LogP contribution in [-0.2, 0) is 19.6 Å². The summed E-state index contributed by atoms with van der Waals surface area (Å²) in [4.78, 5) is 30.9. The molecule has 0 aliphatic heterocycles. The Labute approximate surface area is 111 Å². The van der Waals surface area contributed by atoms with Crippen molar-refractivity contribution in [2.75, 3.05) is 0 Å². The largest absolute Gasteiger partial charge is 0.543 e. The Hall–Kier alpha value is -2.08. The molecule has 19 heavy (non-hydrogen) atoms. The summed E-state index contributed by atoms with van der Waals surface area (Å²) >= 11 is 0. The second-order valence-electron chi connectivity index (χ2n) is 4.32. The average Bonchev–Trinajstić information content (AvgIpc) is 2.26. The fourth-order valence-electron chi connectivity index (χ4n) is 1.43. The van der Waals surface area contributed by atoms with Crippen LogP contribution in [0, 0.1) is 13.8 Å². The Morgan fingerprint density at radius 2 is 1.58 bits per heavy atom. The lowest BCUT2D eigenvalue weighted by atomic mass is 10.1. The third-order valence-electron chi connectivity index (χ3n) is 2.00. The smallest absolute Gasteiger partial charge is 0.430 e. The molecule has 0 atom stereocenters. The van der Waals surface area contributed by atoms with Crippen molar-refractivity contribution in [2.45, 2.75) is 33.8 Å². The van der Waals surface area contributed by atoms with E-state index in [9.17, 15) is 9.59 Å². The highest BCUT2D eigenvalue weighted by atomic mass is 17.5. The maximum atomic E-state index is 11.6. The molecule has 6 heteroatoms. The van der Waals surface area contributed by atoms with Crippen molar-refractivity contribution >= 4 is 12.1 Å². The third kappa shape index (κ3) is 5.39. The minimum Gasteiger partial charge on any atom is -0.430 e. The van der Waals surface area contributed by atoms with E-state index in [1.165, 1.54) is 0 Å². The summed E-state index contributed by atoms with van der Waals surface area (Å²) in [5, 5.41) is 4.07. The number of aryl methyl sites for hydroxylation is 2. The Balaban J connectivity index is 2.45. The van der Waals surface area contributed by atoms with E-state index in [0.717, 1.165) is 11.1 Å². The summed E-state index contributed by atoms with van der Waals surface area (Å²) in [6, 6.07) is 5.17. The van der Waals surface area contributed by atoms with Crippen LogP contribution in [0.3, 0.4) is 0 Å². The van der Waals surface area contributed by atoms with Gasteiger partial charge in [0.05, 0.1) is 16.7 Å². The minimum atomic E-state index is -1.08. The van der Waals surface area contributed by atoms with Gasteiger partial charge in [0.1, 0.15) is 0 Å². The van der Waals surface area contributed by atoms with Gasteiger partial charge in [0.15, 0.2) is 0 Å². The van der Waals surface area contributed by atoms with Crippen LogP contribution in [0.1, 0.15) is 35.3 Å². The molecule has 0 unspecified atom stereocenters. The van der Waals surface area contributed by atoms with Crippen molar-refractivity contribution in [3.05, 3.63) is 34.9 Å². The third-order valence-corrected chi connectivity index (χ3v) is 2.00. The van der Waals surface area contributed by atoms with Gasteiger partial charge in [-0.3, -0.25) is 4.89 Å². The summed E-state index contributed by atoms with van der Waals surface area (Å²) < 4.78 is 4.60. The molecule has 0 saturated carbocycles. The number of rotatable bonds is 4. The van der Waals surface area contributed by atoms with Crippen LogP contribution < -0.4 is 0 Å². The standard InChI is InChI=1S/C13H16O6/c1-8(2)16-13(15)18-19-17-12(14)11-6-9(3)5-10(4)7-11/h5-8H,1-4H3. The number of benzene rings is 1. The van der Waals surface area contributed by atoms with E-state index in [0.29, 0.717) is 5.56 Å². The van der Waals surface area contributed by atoms with Gasteiger partial charge in [-0.05, 0) is 39.8 Å². The first-order chi connectivity index (χ1) is 8.88. The number of hydrogen-bond acceptors (Lipinski definition) is 6. The first-order valence-corrected chi connectivity index (χ1v) is 5.73. The zero-order valence-corrected chi connectivity index (χ0v) is 11.3. The highest BCUT2D eigenvalue weighted by Crippen LogP contribution is 2.10. The van der Waals surface area contributed by atoms with E-state index in [2.05, 4.69) is 19.6 Å². The summed E-state index contributed by atoms with van der Waals surface area (Å²) in [7, 11) is 0. The van der Waals surface area contributed by atoms with Crippen LogP contribution >= 0.6 is 0 Å². The molecule has 1 aromatic rings. The Bertz CT molecular complexity index is 446. The van der Waals surface area contributed by atoms with Crippen molar-refractivity contribution in [3.8, 4) is 0 Å². The molecule has 0 amide bonds. The monoisotopic (exact) mass is 268 g/mol. The second-order valence-corrected chi connectivity index (χ2v) is 4.32. The Morgan fingerprint density at radius 1 is 1.00 bits per heavy atom. The van der Waals surface area contributed by atoms with Crippen molar-refractivity contribution in [1.29, 1.82) is 0 Å². The van der Waals surface area contributed by atoms with E-state index in [1.807, 2.05) is 19.9 Å². The van der Waals surface area contributed by atoms with Crippen molar-refractivity contribution < 1.29 is 29.1 Å². The van der Waals surface area contributed by atoms with Gasteiger partial charge in [-0.15, -0.1) is 0 Å². The molecule has 0 spiro atoms. The molecule has 0 fully saturated rings. The SMILES string of the molecule is Cc1cc(C)cc(C(=O)OOOC(=O)OC(C)C)c1. The highest BCUT2D eigenvalue weighted by Gasteiger charge is 2.13. The van der Waals surface area contributed by atoms with Crippen molar-refractivity contribution in [1.82, 2.24) is 0 Å². The molecule has 104 valence electrons. The van der Waals surface area contributed by atoms with E-state index in [-0.39, 0.29) is 6.10 Å². The molecule has 0 heterocycles. The lowest BCUT2D eigenvalue weighted by molar-refractivity contribution is -0.452. The van der Waals surface area contributed by atoms with E-state index in [1.54, 1.807) is 26.0 Å². The molecule has 0 aliphatic rings. The molecule has 1 rings (SSSR count). The van der Waals surface area contributed by atoms with Crippen LogP contribution in [0.4, 0.5) is 4.79 Å². The maximum Gasteiger partial charge on any atom is 0.543 e. The molecule has 0 aromatic heterocycles. The summed E-state index contributed by atoms with van der Waals surface area (Å²) in [6.45, 7) is 6.98. The maximum absolute atomic E-state index is 11.6. The molecular weight excluding hydrogens is 252 g/mol. The fraction of sp³-hybridized carbons (Fsp3) is 0.385. The van der Waals surface area contributed by atoms with Gasteiger partial charge in [-0.1, -0.05) is 17.2 Å². The quantitative estimate of drug-likeness (QED) is 0.475. The van der Waals surface area contributed by atoms with Gasteiger partial charge >= 0.3 is 12.1 Å². The molecule has 0 radical (unpaired) electrons. The van der Waals surface area contributed by atoms with Gasteiger partial charge in [-0.2, -0.15) is 0 Å². The molecule has 0 N–H and O–H groups in total. The topological polar surface area (TPSA) is 71.1 Å². The first kappa shape index (κ1) is 15.0. The van der Waals surface area contributed by atoms with Gasteiger partial charge in [0.25, 0.3) is 0 Å². The molecule has 0 bridgehead atoms. The van der Waals surface area contributed by atoms with E-state index in [4.69, 9.17) is 0 Å². The Kier molecular flexibility index (Phi) is 5.32. The van der Waals surface area contributed by atoms with Crippen LogP contribution in [0.15, 0.2) is 18.2 Å². The molecule has 1 aromatic carbocycles. The predicted octanol–water partition coefficient (Wildman–Crippen LogP) is 2.87. The van der Waals surface area contributed by atoms with E-state index < -0.39 is 12.1 Å². The normalized spacial score (nSPS) is 10.2. The average molecular weight is 268 g/mol. The summed E-state index contributed by atoms with van der Waals surface area (Å²) in [5.74, 6) is -0.760. The van der Waals surface area contributed by atoms with Crippen molar-refractivity contribution in [2.24, 2.45) is 0 Å². The molecule has 0 saturated heterocycles. The molecular formula is C13H16O6.